The van der Waals surface area contributed by atoms with Crippen LogP contribution in [0.5, 0.6) is 0 Å². The first-order chi connectivity index (χ1) is 16.3. The summed E-state index contributed by atoms with van der Waals surface area (Å²) in [6, 6.07) is 13.3. The van der Waals surface area contributed by atoms with E-state index in [1.165, 1.54) is 6.42 Å². The molecular weight excluding hydrogens is 424 g/mol. The fraction of sp³-hybridized carbons (Fsp3) is 0.357. The van der Waals surface area contributed by atoms with E-state index >= 15 is 0 Å². The van der Waals surface area contributed by atoms with E-state index in [-0.39, 0.29) is 16.9 Å². The van der Waals surface area contributed by atoms with Gasteiger partial charge in [0.05, 0.1) is 22.9 Å². The van der Waals surface area contributed by atoms with Gasteiger partial charge < -0.3 is 9.47 Å². The van der Waals surface area contributed by atoms with E-state index in [2.05, 4.69) is 25.8 Å². The van der Waals surface area contributed by atoms with Gasteiger partial charge in [0.1, 0.15) is 0 Å². The SMILES string of the molecule is CC(C)(C)Cn1ccc2cc(-c3cnc4ccc(C(=O)N5CCCCC5)cc4n3)ccc2c1=O. The summed E-state index contributed by atoms with van der Waals surface area (Å²) < 4.78 is 1.78. The lowest BCUT2D eigenvalue weighted by Crippen LogP contribution is -2.35. The lowest BCUT2D eigenvalue weighted by Gasteiger charge is -2.26. The van der Waals surface area contributed by atoms with Crippen molar-refractivity contribution in [2.75, 3.05) is 13.1 Å². The number of fused-ring (bicyclic) bond motifs is 2. The molecule has 174 valence electrons. The number of pyridine rings is 1. The number of nitrogens with zero attached hydrogens (tertiary/aromatic N) is 4. The van der Waals surface area contributed by atoms with Crippen LogP contribution >= 0.6 is 0 Å². The highest BCUT2D eigenvalue weighted by atomic mass is 16.2. The van der Waals surface area contributed by atoms with Crippen LogP contribution in [0, 0.1) is 5.41 Å². The Morgan fingerprint density at radius 2 is 1.76 bits per heavy atom. The molecule has 0 aliphatic carbocycles. The molecule has 0 spiro atoms. The second-order valence-corrected chi connectivity index (χ2v) is 10.4. The number of benzene rings is 2. The van der Waals surface area contributed by atoms with Crippen molar-refractivity contribution >= 4 is 27.7 Å². The van der Waals surface area contributed by atoms with Gasteiger partial charge in [0, 0.05) is 42.3 Å². The number of piperidine rings is 1. The lowest BCUT2D eigenvalue weighted by atomic mass is 9.96. The van der Waals surface area contributed by atoms with Crippen LogP contribution in [0.25, 0.3) is 33.1 Å². The quantitative estimate of drug-likeness (QED) is 0.422. The Labute approximate surface area is 199 Å². The molecule has 0 atom stereocenters. The van der Waals surface area contributed by atoms with E-state index in [1.807, 2.05) is 53.6 Å². The number of hydrogen-bond acceptors (Lipinski definition) is 4. The Hall–Kier alpha value is -3.54. The molecule has 0 saturated carbocycles. The van der Waals surface area contributed by atoms with Gasteiger partial charge in [-0.05, 0) is 66.5 Å². The van der Waals surface area contributed by atoms with E-state index in [9.17, 15) is 9.59 Å². The molecule has 6 heteroatoms. The van der Waals surface area contributed by atoms with Gasteiger partial charge in [-0.2, -0.15) is 0 Å². The van der Waals surface area contributed by atoms with Crippen molar-refractivity contribution in [1.29, 1.82) is 0 Å². The van der Waals surface area contributed by atoms with E-state index < -0.39 is 0 Å². The van der Waals surface area contributed by atoms with Crippen LogP contribution in [0.15, 0.2) is 59.7 Å². The highest BCUT2D eigenvalue weighted by Crippen LogP contribution is 2.24. The predicted molar refractivity (Wildman–Crippen MR) is 136 cm³/mol. The Morgan fingerprint density at radius 1 is 0.971 bits per heavy atom. The molecule has 0 radical (unpaired) electrons. The third-order valence-electron chi connectivity index (χ3n) is 6.35. The van der Waals surface area contributed by atoms with Crippen molar-refractivity contribution in [3.8, 4) is 11.3 Å². The highest BCUT2D eigenvalue weighted by Gasteiger charge is 2.19. The number of carbonyl (C=O) groups excluding carboxylic acids is 1. The summed E-state index contributed by atoms with van der Waals surface area (Å²) in [6.07, 6.45) is 6.92. The Morgan fingerprint density at radius 3 is 2.53 bits per heavy atom. The van der Waals surface area contributed by atoms with Crippen LogP contribution in [0.3, 0.4) is 0 Å². The normalized spacial score (nSPS) is 14.6. The van der Waals surface area contributed by atoms with Gasteiger partial charge in [0.25, 0.3) is 11.5 Å². The minimum Gasteiger partial charge on any atom is -0.339 e. The second kappa shape index (κ2) is 8.67. The molecule has 34 heavy (non-hydrogen) atoms. The van der Waals surface area contributed by atoms with Crippen LogP contribution < -0.4 is 5.56 Å². The number of hydrogen-bond donors (Lipinski definition) is 0. The van der Waals surface area contributed by atoms with Gasteiger partial charge in [0.2, 0.25) is 0 Å². The number of carbonyl (C=O) groups is 1. The molecular formula is C28H30N4O2. The molecule has 6 nitrogen and oxygen atoms in total. The van der Waals surface area contributed by atoms with E-state index in [4.69, 9.17) is 4.98 Å². The molecule has 0 bridgehead atoms. The monoisotopic (exact) mass is 454 g/mol. The van der Waals surface area contributed by atoms with Crippen molar-refractivity contribution in [1.82, 2.24) is 19.4 Å². The van der Waals surface area contributed by atoms with Crippen LogP contribution in [-0.2, 0) is 6.54 Å². The van der Waals surface area contributed by atoms with E-state index in [1.54, 1.807) is 10.8 Å². The zero-order valence-electron chi connectivity index (χ0n) is 20.0. The molecule has 1 aliphatic heterocycles. The van der Waals surface area contributed by atoms with Gasteiger partial charge >= 0.3 is 0 Å². The standard InChI is InChI=1S/C28H30N4O2/c1-28(2,3)18-32-14-11-19-15-20(7-9-22(19)27(32)34)25-17-29-23-10-8-21(16-24(23)30-25)26(33)31-12-5-4-6-13-31/h7-11,14-17H,4-6,12-13,18H2,1-3H3. The number of rotatable bonds is 3. The van der Waals surface area contributed by atoms with Gasteiger partial charge in [-0.15, -0.1) is 0 Å². The number of aromatic nitrogens is 3. The summed E-state index contributed by atoms with van der Waals surface area (Å²) in [6.45, 7) is 8.66. The van der Waals surface area contributed by atoms with Crippen molar-refractivity contribution in [2.45, 2.75) is 46.6 Å². The summed E-state index contributed by atoms with van der Waals surface area (Å²) in [4.78, 5) is 37.2. The summed E-state index contributed by atoms with van der Waals surface area (Å²) >= 11 is 0. The van der Waals surface area contributed by atoms with Crippen molar-refractivity contribution in [2.24, 2.45) is 5.41 Å². The molecule has 2 aromatic heterocycles. The van der Waals surface area contributed by atoms with Crippen molar-refractivity contribution in [3.05, 3.63) is 70.8 Å². The van der Waals surface area contributed by atoms with E-state index in [0.717, 1.165) is 48.1 Å². The third kappa shape index (κ3) is 4.45. The average molecular weight is 455 g/mol. The first-order valence-electron chi connectivity index (χ1n) is 12.0. The molecule has 1 amide bonds. The maximum Gasteiger partial charge on any atom is 0.258 e. The number of likely N-dealkylation sites (tertiary alicyclic amines) is 1. The fourth-order valence-electron chi connectivity index (χ4n) is 4.65. The molecule has 3 heterocycles. The van der Waals surface area contributed by atoms with Crippen LogP contribution in [0.4, 0.5) is 0 Å². The highest BCUT2D eigenvalue weighted by molar-refractivity contribution is 5.97. The van der Waals surface area contributed by atoms with Gasteiger partial charge in [-0.3, -0.25) is 14.6 Å². The zero-order chi connectivity index (χ0) is 23.9. The minimum atomic E-state index is 0.0180. The average Bonchev–Trinajstić information content (AvgIpc) is 2.84. The minimum absolute atomic E-state index is 0.0180. The van der Waals surface area contributed by atoms with Crippen LogP contribution in [-0.4, -0.2) is 38.4 Å². The molecule has 2 aromatic carbocycles. The molecule has 5 rings (SSSR count). The second-order valence-electron chi connectivity index (χ2n) is 10.4. The van der Waals surface area contributed by atoms with Gasteiger partial charge in [0.15, 0.2) is 0 Å². The lowest BCUT2D eigenvalue weighted by molar-refractivity contribution is 0.0724. The maximum absolute atomic E-state index is 13.0. The molecule has 0 unspecified atom stereocenters. The maximum atomic E-state index is 13.0. The van der Waals surface area contributed by atoms with E-state index in [0.29, 0.717) is 23.0 Å². The summed E-state index contributed by atoms with van der Waals surface area (Å²) in [5.74, 6) is 0.0612. The van der Waals surface area contributed by atoms with Gasteiger partial charge in [-0.1, -0.05) is 26.8 Å². The number of amides is 1. The Balaban J connectivity index is 1.49. The fourth-order valence-corrected chi connectivity index (χ4v) is 4.65. The molecule has 0 N–H and O–H groups in total. The summed E-state index contributed by atoms with van der Waals surface area (Å²) in [5.41, 5.74) is 3.75. The predicted octanol–water partition coefficient (Wildman–Crippen LogP) is 5.28. The van der Waals surface area contributed by atoms with Crippen molar-refractivity contribution < 1.29 is 4.79 Å². The smallest absolute Gasteiger partial charge is 0.258 e. The van der Waals surface area contributed by atoms with Gasteiger partial charge in [-0.25, -0.2) is 4.98 Å². The zero-order valence-corrected chi connectivity index (χ0v) is 20.0. The Kier molecular flexibility index (Phi) is 5.68. The van der Waals surface area contributed by atoms with Crippen molar-refractivity contribution in [3.63, 3.8) is 0 Å². The molecule has 1 aliphatic rings. The largest absolute Gasteiger partial charge is 0.339 e. The Bertz CT molecular complexity index is 1440. The first kappa shape index (κ1) is 22.3. The molecule has 1 fully saturated rings. The third-order valence-corrected chi connectivity index (χ3v) is 6.35. The van der Waals surface area contributed by atoms with Crippen LogP contribution in [0.2, 0.25) is 0 Å². The summed E-state index contributed by atoms with van der Waals surface area (Å²) in [7, 11) is 0. The first-order valence-corrected chi connectivity index (χ1v) is 12.0. The summed E-state index contributed by atoms with van der Waals surface area (Å²) in [5, 5.41) is 1.57. The van der Waals surface area contributed by atoms with Crippen LogP contribution in [0.1, 0.15) is 50.4 Å². The molecule has 1 saturated heterocycles. The molecule has 4 aromatic rings. The topological polar surface area (TPSA) is 68.1 Å².